The van der Waals surface area contributed by atoms with Gasteiger partial charge in [0.25, 0.3) is 0 Å². The maximum Gasteiger partial charge on any atom is 0.337 e. The molecule has 8 nitrogen and oxygen atoms in total. The Labute approximate surface area is 211 Å². The zero-order valence-corrected chi connectivity index (χ0v) is 20.2. The molecule has 1 aromatic carbocycles. The van der Waals surface area contributed by atoms with Crippen LogP contribution < -0.4 is 9.47 Å². The highest BCUT2D eigenvalue weighted by atomic mass is 35.5. The van der Waals surface area contributed by atoms with Crippen molar-refractivity contribution in [2.24, 2.45) is 0 Å². The second kappa shape index (κ2) is 8.95. The lowest BCUT2D eigenvalue weighted by molar-refractivity contribution is 0.0696. The average Bonchev–Trinajstić information content (AvgIpc) is 3.65. The lowest BCUT2D eigenvalue weighted by Gasteiger charge is -2.12. The molecular formula is C27H22ClN3O5. The third kappa shape index (κ3) is 4.18. The molecule has 6 rings (SSSR count). The molecule has 0 spiro atoms. The number of hydrogen-bond acceptors (Lipinski definition) is 7. The summed E-state index contributed by atoms with van der Waals surface area (Å²) in [5, 5.41) is 14.3. The first-order valence-electron chi connectivity index (χ1n) is 11.7. The number of ether oxygens (including phenoxy) is 2. The van der Waals surface area contributed by atoms with Crippen LogP contribution in [0.2, 0.25) is 5.02 Å². The van der Waals surface area contributed by atoms with Gasteiger partial charge < -0.3 is 19.1 Å². The Hall–Kier alpha value is -3.91. The van der Waals surface area contributed by atoms with Gasteiger partial charge in [-0.3, -0.25) is 4.98 Å². The maximum absolute atomic E-state index is 11.3. The molecule has 4 heterocycles. The van der Waals surface area contributed by atoms with Crippen molar-refractivity contribution < 1.29 is 23.9 Å². The largest absolute Gasteiger partial charge is 0.478 e. The van der Waals surface area contributed by atoms with E-state index in [0.717, 1.165) is 40.9 Å². The minimum Gasteiger partial charge on any atom is -0.478 e. The standard InChI is InChI=1S/C27H22ClN3O5/c1-14-3-2-4-19(28)24(14)25-18(26(36-31-25)15-5-6-15)13-34-23-10-16-7-8-20-21(35-22(16)12-30-23)9-17(11-29-20)27(32)33/h2-4,9-12,15H,5-8,13H2,1H3,(H,32,33). The summed E-state index contributed by atoms with van der Waals surface area (Å²) in [7, 11) is 0. The molecule has 1 saturated carbocycles. The molecular weight excluding hydrogens is 482 g/mol. The number of hydrogen-bond donors (Lipinski definition) is 1. The molecule has 1 aliphatic heterocycles. The van der Waals surface area contributed by atoms with Gasteiger partial charge in [-0.05, 0) is 50.3 Å². The van der Waals surface area contributed by atoms with E-state index in [9.17, 15) is 9.90 Å². The minimum absolute atomic E-state index is 0.0786. The number of aryl methyl sites for hydroxylation is 3. The van der Waals surface area contributed by atoms with Gasteiger partial charge >= 0.3 is 5.97 Å². The third-order valence-electron chi connectivity index (χ3n) is 6.54. The maximum atomic E-state index is 11.3. The zero-order valence-electron chi connectivity index (χ0n) is 19.5. The second-order valence-electron chi connectivity index (χ2n) is 9.07. The Morgan fingerprint density at radius 2 is 2.03 bits per heavy atom. The lowest BCUT2D eigenvalue weighted by atomic mass is 10.0. The van der Waals surface area contributed by atoms with Gasteiger partial charge in [-0.2, -0.15) is 0 Å². The fourth-order valence-corrected chi connectivity index (χ4v) is 4.78. The van der Waals surface area contributed by atoms with Crippen LogP contribution in [0.1, 0.15) is 57.3 Å². The van der Waals surface area contributed by atoms with E-state index in [1.165, 1.54) is 12.3 Å². The first-order chi connectivity index (χ1) is 17.5. The number of carboxylic acid groups (broad SMARTS) is 1. The van der Waals surface area contributed by atoms with Crippen molar-refractivity contribution in [2.45, 2.75) is 45.1 Å². The van der Waals surface area contributed by atoms with Crippen molar-refractivity contribution in [1.29, 1.82) is 0 Å². The molecule has 0 saturated heterocycles. The monoisotopic (exact) mass is 503 g/mol. The molecule has 1 aliphatic carbocycles. The van der Waals surface area contributed by atoms with Crippen LogP contribution in [-0.4, -0.2) is 26.2 Å². The molecule has 36 heavy (non-hydrogen) atoms. The van der Waals surface area contributed by atoms with Crippen LogP contribution in [0.3, 0.4) is 0 Å². The SMILES string of the molecule is Cc1cccc(Cl)c1-c1noc(C2CC2)c1COc1cc2c(cn1)Oc1cc(C(=O)O)cnc1CC2. The summed E-state index contributed by atoms with van der Waals surface area (Å²) in [6.07, 6.45) is 6.35. The van der Waals surface area contributed by atoms with E-state index in [1.807, 2.05) is 31.2 Å². The van der Waals surface area contributed by atoms with Gasteiger partial charge in [-0.25, -0.2) is 9.78 Å². The molecule has 1 N–H and O–H groups in total. The van der Waals surface area contributed by atoms with Crippen molar-refractivity contribution in [3.8, 4) is 28.6 Å². The molecule has 1 fully saturated rings. The molecule has 0 amide bonds. The summed E-state index contributed by atoms with van der Waals surface area (Å²) in [5.41, 5.74) is 5.14. The molecule has 9 heteroatoms. The number of aromatic nitrogens is 3. The molecule has 0 unspecified atom stereocenters. The minimum atomic E-state index is -1.05. The van der Waals surface area contributed by atoms with Gasteiger partial charge in [-0.1, -0.05) is 28.9 Å². The van der Waals surface area contributed by atoms with E-state index >= 15 is 0 Å². The number of carbonyl (C=O) groups is 1. The summed E-state index contributed by atoms with van der Waals surface area (Å²) in [5.74, 6) is 1.59. The van der Waals surface area contributed by atoms with E-state index in [-0.39, 0.29) is 12.2 Å². The molecule has 0 atom stereocenters. The number of carboxylic acids is 1. The van der Waals surface area contributed by atoms with Crippen LogP contribution in [0.5, 0.6) is 17.4 Å². The van der Waals surface area contributed by atoms with Crippen molar-refractivity contribution in [2.75, 3.05) is 0 Å². The van der Waals surface area contributed by atoms with Gasteiger partial charge in [0.15, 0.2) is 0 Å². The van der Waals surface area contributed by atoms with Crippen LogP contribution >= 0.6 is 11.6 Å². The van der Waals surface area contributed by atoms with Crippen LogP contribution in [0, 0.1) is 6.92 Å². The second-order valence-corrected chi connectivity index (χ2v) is 9.48. The molecule has 0 radical (unpaired) electrons. The Bertz CT molecular complexity index is 1470. The van der Waals surface area contributed by atoms with Crippen LogP contribution in [0.25, 0.3) is 11.3 Å². The van der Waals surface area contributed by atoms with E-state index in [2.05, 4.69) is 15.1 Å². The molecule has 4 aromatic rings. The summed E-state index contributed by atoms with van der Waals surface area (Å²) < 4.78 is 17.9. The highest BCUT2D eigenvalue weighted by Gasteiger charge is 2.33. The third-order valence-corrected chi connectivity index (χ3v) is 6.86. The smallest absolute Gasteiger partial charge is 0.337 e. The average molecular weight is 504 g/mol. The Balaban J connectivity index is 1.27. The Morgan fingerprint density at radius 3 is 2.81 bits per heavy atom. The fourth-order valence-electron chi connectivity index (χ4n) is 4.47. The molecule has 0 bridgehead atoms. The lowest BCUT2D eigenvalue weighted by Crippen LogP contribution is -2.02. The van der Waals surface area contributed by atoms with Crippen molar-refractivity contribution >= 4 is 17.6 Å². The van der Waals surface area contributed by atoms with E-state index in [1.54, 1.807) is 6.20 Å². The number of halogens is 1. The number of pyridine rings is 2. The number of benzene rings is 1. The Morgan fingerprint density at radius 1 is 1.17 bits per heavy atom. The highest BCUT2D eigenvalue weighted by molar-refractivity contribution is 6.33. The quantitative estimate of drug-likeness (QED) is 0.334. The summed E-state index contributed by atoms with van der Waals surface area (Å²) in [6, 6.07) is 9.10. The molecule has 2 aliphatic rings. The van der Waals surface area contributed by atoms with Gasteiger partial charge in [0.1, 0.15) is 29.6 Å². The van der Waals surface area contributed by atoms with Gasteiger partial charge in [0.2, 0.25) is 5.88 Å². The van der Waals surface area contributed by atoms with Crippen LogP contribution in [0.4, 0.5) is 0 Å². The van der Waals surface area contributed by atoms with Crippen LogP contribution in [-0.2, 0) is 19.4 Å². The molecule has 3 aromatic heterocycles. The van der Waals surface area contributed by atoms with Crippen LogP contribution in [0.15, 0.2) is 47.2 Å². The summed E-state index contributed by atoms with van der Waals surface area (Å²) in [4.78, 5) is 20.0. The number of fused-ring (bicyclic) bond motifs is 2. The predicted octanol–water partition coefficient (Wildman–Crippen LogP) is 6.14. The normalized spacial score (nSPS) is 14.4. The first-order valence-corrected chi connectivity index (χ1v) is 12.1. The van der Waals surface area contributed by atoms with E-state index in [4.69, 9.17) is 25.6 Å². The summed E-state index contributed by atoms with van der Waals surface area (Å²) >= 11 is 6.53. The predicted molar refractivity (Wildman–Crippen MR) is 131 cm³/mol. The number of nitrogens with zero attached hydrogens (tertiary/aromatic N) is 3. The van der Waals surface area contributed by atoms with E-state index < -0.39 is 5.97 Å². The van der Waals surface area contributed by atoms with E-state index in [0.29, 0.717) is 52.5 Å². The summed E-state index contributed by atoms with van der Waals surface area (Å²) in [6.45, 7) is 2.24. The topological polar surface area (TPSA) is 108 Å². The highest BCUT2D eigenvalue weighted by Crippen LogP contribution is 2.45. The fraction of sp³-hybridized carbons (Fsp3) is 0.259. The molecule has 182 valence electrons. The van der Waals surface area contributed by atoms with Crippen molar-refractivity contribution in [3.05, 3.63) is 81.5 Å². The van der Waals surface area contributed by atoms with Crippen molar-refractivity contribution in [1.82, 2.24) is 15.1 Å². The zero-order chi connectivity index (χ0) is 24.8. The first kappa shape index (κ1) is 22.5. The number of rotatable bonds is 6. The van der Waals surface area contributed by atoms with Gasteiger partial charge in [0.05, 0.1) is 28.0 Å². The van der Waals surface area contributed by atoms with Gasteiger partial charge in [0, 0.05) is 29.3 Å². The number of aromatic carboxylic acids is 1. The van der Waals surface area contributed by atoms with Crippen molar-refractivity contribution in [3.63, 3.8) is 0 Å². The van der Waals surface area contributed by atoms with Gasteiger partial charge in [-0.15, -0.1) is 0 Å². The Kier molecular flexibility index (Phi) is 5.60.